The number of benzene rings is 1. The van der Waals surface area contributed by atoms with Gasteiger partial charge in [-0.2, -0.15) is 0 Å². The molecule has 1 N–H and O–H groups in total. The first-order valence-electron chi connectivity index (χ1n) is 5.17. The lowest BCUT2D eigenvalue weighted by Gasteiger charge is -2.03. The Hall–Kier alpha value is -1.53. The monoisotopic (exact) mass is 285 g/mol. The minimum Gasteiger partial charge on any atom is -0.350 e. The minimum absolute atomic E-state index is 0.222. The van der Waals surface area contributed by atoms with Crippen molar-refractivity contribution in [2.75, 3.05) is 6.54 Å². The fraction of sp³-hybridized carbons (Fsp3) is 0.182. The highest BCUT2D eigenvalue weighted by molar-refractivity contribution is 7.17. The summed E-state index contributed by atoms with van der Waals surface area (Å²) in [6.07, 6.45) is 0.552. The maximum Gasteiger partial charge on any atom is 0.282 e. The molecule has 7 heteroatoms. The van der Waals surface area contributed by atoms with Gasteiger partial charge in [0.25, 0.3) is 5.91 Å². The van der Waals surface area contributed by atoms with Gasteiger partial charge in [-0.15, -0.1) is 10.2 Å². The number of hydrogen-bond acceptors (Lipinski definition) is 4. The fourth-order valence-corrected chi connectivity index (χ4v) is 2.13. The number of nitrogens with zero attached hydrogens (tertiary/aromatic N) is 2. The van der Waals surface area contributed by atoms with Crippen LogP contribution in [0.5, 0.6) is 0 Å². The van der Waals surface area contributed by atoms with E-state index in [0.29, 0.717) is 13.0 Å². The van der Waals surface area contributed by atoms with Gasteiger partial charge in [-0.3, -0.25) is 4.79 Å². The Balaban J connectivity index is 1.84. The molecule has 2 rings (SSSR count). The molecule has 4 nitrogen and oxygen atoms in total. The molecule has 0 aliphatic heterocycles. The zero-order valence-electron chi connectivity index (χ0n) is 9.19. The number of amides is 1. The molecular formula is C11H9ClFN3OS. The summed E-state index contributed by atoms with van der Waals surface area (Å²) >= 11 is 6.59. The zero-order valence-corrected chi connectivity index (χ0v) is 10.8. The number of carbonyl (C=O) groups excluding carboxylic acids is 1. The third-order valence-electron chi connectivity index (χ3n) is 2.18. The van der Waals surface area contributed by atoms with Gasteiger partial charge in [0.1, 0.15) is 5.82 Å². The van der Waals surface area contributed by atoms with E-state index in [-0.39, 0.29) is 21.2 Å². The number of rotatable bonds is 4. The topological polar surface area (TPSA) is 54.9 Å². The van der Waals surface area contributed by atoms with Crippen molar-refractivity contribution in [3.05, 3.63) is 45.1 Å². The molecule has 0 aliphatic carbocycles. The molecular weight excluding hydrogens is 277 g/mol. The van der Waals surface area contributed by atoms with Crippen LogP contribution in [0.4, 0.5) is 4.39 Å². The predicted octanol–water partition coefficient (Wildman–Crippen LogP) is 2.30. The summed E-state index contributed by atoms with van der Waals surface area (Å²) < 4.78 is 13.1. The molecule has 1 aromatic carbocycles. The van der Waals surface area contributed by atoms with E-state index in [1.165, 1.54) is 12.1 Å². The van der Waals surface area contributed by atoms with Crippen LogP contribution < -0.4 is 5.32 Å². The molecule has 0 spiro atoms. The predicted molar refractivity (Wildman–Crippen MR) is 67.4 cm³/mol. The maximum atomic E-state index is 12.9. The Labute approximate surface area is 112 Å². The maximum absolute atomic E-state index is 12.9. The summed E-state index contributed by atoms with van der Waals surface area (Å²) in [6, 6.07) is 6.26. The van der Waals surface area contributed by atoms with Crippen LogP contribution in [0.2, 0.25) is 4.47 Å². The largest absolute Gasteiger partial charge is 0.350 e. The number of carbonyl (C=O) groups is 1. The van der Waals surface area contributed by atoms with E-state index < -0.39 is 0 Å². The highest BCUT2D eigenvalue weighted by Crippen LogP contribution is 2.14. The summed E-state index contributed by atoms with van der Waals surface area (Å²) in [7, 11) is 0. The van der Waals surface area contributed by atoms with Gasteiger partial charge in [0.2, 0.25) is 9.47 Å². The first-order valence-corrected chi connectivity index (χ1v) is 6.36. The second kappa shape index (κ2) is 5.88. The minimum atomic E-state index is -0.323. The van der Waals surface area contributed by atoms with Crippen molar-refractivity contribution in [1.29, 1.82) is 0 Å². The van der Waals surface area contributed by atoms with E-state index in [2.05, 4.69) is 15.5 Å². The van der Waals surface area contributed by atoms with Crippen molar-refractivity contribution in [3.63, 3.8) is 0 Å². The van der Waals surface area contributed by atoms with Gasteiger partial charge >= 0.3 is 0 Å². The van der Waals surface area contributed by atoms with Crippen molar-refractivity contribution >= 4 is 28.8 Å². The van der Waals surface area contributed by atoms with Crippen molar-refractivity contribution in [2.45, 2.75) is 6.42 Å². The van der Waals surface area contributed by atoms with E-state index in [0.717, 1.165) is 16.9 Å². The van der Waals surface area contributed by atoms with Crippen molar-refractivity contribution in [1.82, 2.24) is 15.5 Å². The van der Waals surface area contributed by atoms with Crippen LogP contribution in [0, 0.1) is 5.82 Å². The average molecular weight is 286 g/mol. The van der Waals surface area contributed by atoms with Gasteiger partial charge in [0.05, 0.1) is 0 Å². The molecule has 0 unspecified atom stereocenters. The van der Waals surface area contributed by atoms with Gasteiger partial charge in [-0.25, -0.2) is 4.39 Å². The van der Waals surface area contributed by atoms with Gasteiger partial charge < -0.3 is 5.32 Å². The van der Waals surface area contributed by atoms with Crippen LogP contribution in [-0.4, -0.2) is 22.6 Å². The van der Waals surface area contributed by atoms with Gasteiger partial charge in [0.15, 0.2) is 0 Å². The Morgan fingerprint density at radius 3 is 2.94 bits per heavy atom. The highest BCUT2D eigenvalue weighted by atomic mass is 35.5. The summed E-state index contributed by atoms with van der Waals surface area (Å²) in [6.45, 7) is 0.402. The first-order chi connectivity index (χ1) is 8.65. The van der Waals surface area contributed by atoms with E-state index in [1.54, 1.807) is 12.1 Å². The SMILES string of the molecule is O=C(NCCc1cccc(F)c1)c1nnc(Cl)s1. The van der Waals surface area contributed by atoms with Crippen molar-refractivity contribution in [2.24, 2.45) is 0 Å². The number of halogens is 2. The zero-order chi connectivity index (χ0) is 13.0. The molecule has 2 aromatic rings. The van der Waals surface area contributed by atoms with E-state index >= 15 is 0 Å². The Morgan fingerprint density at radius 1 is 1.44 bits per heavy atom. The summed E-state index contributed by atoms with van der Waals surface area (Å²) in [5.41, 5.74) is 0.825. The molecule has 18 heavy (non-hydrogen) atoms. The van der Waals surface area contributed by atoms with Crippen LogP contribution in [0.3, 0.4) is 0 Å². The van der Waals surface area contributed by atoms with Gasteiger partial charge in [-0.05, 0) is 35.7 Å². The number of hydrogen-bond donors (Lipinski definition) is 1. The van der Waals surface area contributed by atoms with Crippen LogP contribution in [0.15, 0.2) is 24.3 Å². The quantitative estimate of drug-likeness (QED) is 0.938. The molecule has 0 fully saturated rings. The third kappa shape index (κ3) is 3.48. The smallest absolute Gasteiger partial charge is 0.282 e. The second-order valence-electron chi connectivity index (χ2n) is 3.50. The lowest BCUT2D eigenvalue weighted by molar-refractivity contribution is 0.0953. The average Bonchev–Trinajstić information content (AvgIpc) is 2.76. The van der Waals surface area contributed by atoms with Crippen LogP contribution in [-0.2, 0) is 6.42 Å². The Bertz CT molecular complexity index is 561. The molecule has 0 radical (unpaired) electrons. The lowest BCUT2D eigenvalue weighted by atomic mass is 10.1. The van der Waals surface area contributed by atoms with Crippen LogP contribution in [0.25, 0.3) is 0 Å². The van der Waals surface area contributed by atoms with E-state index in [9.17, 15) is 9.18 Å². The molecule has 0 saturated carbocycles. The van der Waals surface area contributed by atoms with Crippen molar-refractivity contribution in [3.8, 4) is 0 Å². The number of nitrogens with one attached hydrogen (secondary N) is 1. The summed E-state index contributed by atoms with van der Waals surface area (Å²) in [5, 5.41) is 10.0. The molecule has 1 heterocycles. The molecule has 0 saturated heterocycles. The molecule has 1 aromatic heterocycles. The molecule has 0 aliphatic rings. The van der Waals surface area contributed by atoms with E-state index in [1.807, 2.05) is 0 Å². The summed E-state index contributed by atoms with van der Waals surface area (Å²) in [5.74, 6) is -0.606. The Kier molecular flexibility index (Phi) is 4.22. The molecule has 94 valence electrons. The van der Waals surface area contributed by atoms with Gasteiger partial charge in [0, 0.05) is 6.54 Å². The highest BCUT2D eigenvalue weighted by Gasteiger charge is 2.10. The van der Waals surface area contributed by atoms with Crippen LogP contribution >= 0.6 is 22.9 Å². The van der Waals surface area contributed by atoms with Gasteiger partial charge in [-0.1, -0.05) is 23.5 Å². The fourth-order valence-electron chi connectivity index (χ4n) is 1.39. The normalized spacial score (nSPS) is 10.3. The van der Waals surface area contributed by atoms with E-state index in [4.69, 9.17) is 11.6 Å². The molecule has 0 atom stereocenters. The third-order valence-corrected chi connectivity index (χ3v) is 3.20. The van der Waals surface area contributed by atoms with Crippen LogP contribution in [0.1, 0.15) is 15.4 Å². The Morgan fingerprint density at radius 2 is 2.28 bits per heavy atom. The lowest BCUT2D eigenvalue weighted by Crippen LogP contribution is -2.25. The summed E-state index contributed by atoms with van der Waals surface area (Å²) in [4.78, 5) is 11.6. The van der Waals surface area contributed by atoms with Crippen molar-refractivity contribution < 1.29 is 9.18 Å². The molecule has 0 bridgehead atoms. The first kappa shape index (κ1) is 12.9. The molecule has 1 amide bonds. The number of aromatic nitrogens is 2. The standard InChI is InChI=1S/C11H9ClFN3OS/c12-11-16-15-10(18-11)9(17)14-5-4-7-2-1-3-8(13)6-7/h1-3,6H,4-5H2,(H,14,17). The second-order valence-corrected chi connectivity index (χ2v) is 5.06.